The van der Waals surface area contributed by atoms with E-state index in [0.29, 0.717) is 23.1 Å². The highest BCUT2D eigenvalue weighted by Gasteiger charge is 2.05. The maximum atomic E-state index is 10.5. The molecule has 0 saturated carbocycles. The van der Waals surface area contributed by atoms with Crippen molar-refractivity contribution in [1.82, 2.24) is 0 Å². The highest BCUT2D eigenvalue weighted by molar-refractivity contribution is 5.77. The average Bonchev–Trinajstić information content (AvgIpc) is 2.35. The van der Waals surface area contributed by atoms with Crippen molar-refractivity contribution in [2.75, 3.05) is 18.5 Å². The minimum absolute atomic E-state index is 0.144. The van der Waals surface area contributed by atoms with Gasteiger partial charge in [0.15, 0.2) is 0 Å². The average molecular weight is 220 g/mol. The molecule has 0 aliphatic carbocycles. The summed E-state index contributed by atoms with van der Waals surface area (Å²) in [6, 6.07) is 6.57. The Labute approximate surface area is 92.9 Å². The van der Waals surface area contributed by atoms with Crippen LogP contribution in [0.5, 0.6) is 0 Å². The van der Waals surface area contributed by atoms with Crippen molar-refractivity contribution in [3.63, 3.8) is 0 Å². The van der Waals surface area contributed by atoms with Crippen LogP contribution in [-0.4, -0.2) is 35.8 Å². The van der Waals surface area contributed by atoms with Crippen molar-refractivity contribution in [3.05, 3.63) is 29.3 Å². The van der Waals surface area contributed by atoms with E-state index in [2.05, 4.69) is 5.32 Å². The fourth-order valence-corrected chi connectivity index (χ4v) is 1.17. The zero-order valence-electron chi connectivity index (χ0n) is 8.55. The Bertz CT molecular complexity index is 412. The molecule has 1 atom stereocenters. The summed E-state index contributed by atoms with van der Waals surface area (Å²) < 4.78 is 0. The number of hydrogen-bond donors (Lipinski definition) is 3. The Morgan fingerprint density at radius 3 is 2.88 bits per heavy atom. The number of benzene rings is 1. The second kappa shape index (κ2) is 5.85. The van der Waals surface area contributed by atoms with Crippen LogP contribution in [0.15, 0.2) is 18.2 Å². The standard InChI is InChI=1S/C11H12N2O3/c12-4-9-3-8(6-14)1-2-11(9)13-5-10(16)7-15/h1-3,6,10,13,15-16H,5,7H2. The third-order valence-corrected chi connectivity index (χ3v) is 2.04. The number of hydrogen-bond acceptors (Lipinski definition) is 5. The number of aliphatic hydroxyl groups excluding tert-OH is 2. The Balaban J connectivity index is 2.80. The first-order valence-corrected chi connectivity index (χ1v) is 4.73. The molecule has 0 bridgehead atoms. The molecule has 3 N–H and O–H groups in total. The molecule has 1 unspecified atom stereocenters. The largest absolute Gasteiger partial charge is 0.394 e. The van der Waals surface area contributed by atoms with Gasteiger partial charge in [0.25, 0.3) is 0 Å². The van der Waals surface area contributed by atoms with Crippen molar-refractivity contribution in [1.29, 1.82) is 5.26 Å². The van der Waals surface area contributed by atoms with E-state index in [4.69, 9.17) is 15.5 Å². The van der Waals surface area contributed by atoms with Crippen molar-refractivity contribution in [3.8, 4) is 6.07 Å². The van der Waals surface area contributed by atoms with Gasteiger partial charge in [0, 0.05) is 12.1 Å². The number of nitriles is 1. The molecule has 5 nitrogen and oxygen atoms in total. The number of aliphatic hydroxyl groups is 2. The van der Waals surface area contributed by atoms with E-state index in [0.717, 1.165) is 0 Å². The van der Waals surface area contributed by atoms with E-state index in [1.165, 1.54) is 6.07 Å². The first-order valence-electron chi connectivity index (χ1n) is 4.73. The highest BCUT2D eigenvalue weighted by Crippen LogP contribution is 2.15. The van der Waals surface area contributed by atoms with Crippen LogP contribution in [0.3, 0.4) is 0 Å². The minimum Gasteiger partial charge on any atom is -0.394 e. The Morgan fingerprint density at radius 1 is 1.56 bits per heavy atom. The molecule has 0 fully saturated rings. The maximum Gasteiger partial charge on any atom is 0.150 e. The van der Waals surface area contributed by atoms with Gasteiger partial charge in [-0.1, -0.05) is 0 Å². The number of carbonyl (C=O) groups is 1. The van der Waals surface area contributed by atoms with Crippen LogP contribution >= 0.6 is 0 Å². The van der Waals surface area contributed by atoms with Crippen LogP contribution in [0.25, 0.3) is 0 Å². The van der Waals surface area contributed by atoms with Gasteiger partial charge < -0.3 is 15.5 Å². The predicted molar refractivity (Wildman–Crippen MR) is 58.1 cm³/mol. The molecule has 0 amide bonds. The number of aldehydes is 1. The zero-order valence-corrected chi connectivity index (χ0v) is 8.55. The fourth-order valence-electron chi connectivity index (χ4n) is 1.17. The van der Waals surface area contributed by atoms with E-state index in [-0.39, 0.29) is 13.2 Å². The number of nitrogens with zero attached hydrogens (tertiary/aromatic N) is 1. The maximum absolute atomic E-state index is 10.5. The third-order valence-electron chi connectivity index (χ3n) is 2.04. The Morgan fingerprint density at radius 2 is 2.31 bits per heavy atom. The molecular weight excluding hydrogens is 208 g/mol. The third kappa shape index (κ3) is 3.05. The van der Waals surface area contributed by atoms with E-state index in [9.17, 15) is 4.79 Å². The summed E-state index contributed by atoms with van der Waals surface area (Å²) in [4.78, 5) is 10.5. The quantitative estimate of drug-likeness (QED) is 0.613. The first kappa shape index (κ1) is 12.2. The molecule has 1 rings (SSSR count). The molecule has 0 spiro atoms. The molecule has 0 radical (unpaired) electrons. The monoisotopic (exact) mass is 220 g/mol. The van der Waals surface area contributed by atoms with Gasteiger partial charge in [-0.2, -0.15) is 5.26 Å². The molecule has 5 heteroatoms. The van der Waals surface area contributed by atoms with Gasteiger partial charge in [-0.15, -0.1) is 0 Å². The molecular formula is C11H12N2O3. The molecule has 1 aromatic carbocycles. The van der Waals surface area contributed by atoms with Gasteiger partial charge in [-0.25, -0.2) is 0 Å². The summed E-state index contributed by atoms with van der Waals surface area (Å²) >= 11 is 0. The molecule has 16 heavy (non-hydrogen) atoms. The minimum atomic E-state index is -0.878. The summed E-state index contributed by atoms with van der Waals surface area (Å²) in [5.74, 6) is 0. The Hall–Kier alpha value is -1.90. The smallest absolute Gasteiger partial charge is 0.150 e. The Kier molecular flexibility index (Phi) is 4.45. The van der Waals surface area contributed by atoms with Crippen LogP contribution in [0.4, 0.5) is 5.69 Å². The zero-order chi connectivity index (χ0) is 12.0. The number of carbonyl (C=O) groups excluding carboxylic acids is 1. The summed E-state index contributed by atoms with van der Waals surface area (Å²) in [7, 11) is 0. The summed E-state index contributed by atoms with van der Waals surface area (Å²) in [5.41, 5.74) is 1.28. The van der Waals surface area contributed by atoms with Gasteiger partial charge in [0.2, 0.25) is 0 Å². The van der Waals surface area contributed by atoms with Crippen molar-refractivity contribution < 1.29 is 15.0 Å². The topological polar surface area (TPSA) is 93.4 Å². The predicted octanol–water partition coefficient (Wildman–Crippen LogP) is 0.136. The van der Waals surface area contributed by atoms with Crippen molar-refractivity contribution in [2.24, 2.45) is 0 Å². The second-order valence-electron chi connectivity index (χ2n) is 3.25. The van der Waals surface area contributed by atoms with Gasteiger partial charge in [0.1, 0.15) is 12.4 Å². The summed E-state index contributed by atoms with van der Waals surface area (Å²) in [5, 5.41) is 29.4. The molecule has 1 aromatic rings. The molecule has 0 saturated heterocycles. The number of rotatable bonds is 5. The normalized spacial score (nSPS) is 11.6. The number of anilines is 1. The van der Waals surface area contributed by atoms with Gasteiger partial charge in [-0.3, -0.25) is 4.79 Å². The van der Waals surface area contributed by atoms with Gasteiger partial charge >= 0.3 is 0 Å². The van der Waals surface area contributed by atoms with Gasteiger partial charge in [-0.05, 0) is 18.2 Å². The first-order chi connectivity index (χ1) is 7.71. The van der Waals surface area contributed by atoms with Crippen LogP contribution in [-0.2, 0) is 0 Å². The van der Waals surface area contributed by atoms with E-state index >= 15 is 0 Å². The van der Waals surface area contributed by atoms with E-state index in [1.54, 1.807) is 12.1 Å². The van der Waals surface area contributed by atoms with E-state index < -0.39 is 6.10 Å². The molecule has 0 aliphatic heterocycles. The SMILES string of the molecule is N#Cc1cc(C=O)ccc1NCC(O)CO. The molecule has 0 aromatic heterocycles. The van der Waals surface area contributed by atoms with Gasteiger partial charge in [0.05, 0.1) is 24.0 Å². The summed E-state index contributed by atoms with van der Waals surface area (Å²) in [6.45, 7) is -0.201. The second-order valence-corrected chi connectivity index (χ2v) is 3.25. The molecule has 84 valence electrons. The lowest BCUT2D eigenvalue weighted by Crippen LogP contribution is -2.23. The van der Waals surface area contributed by atoms with Crippen LogP contribution in [0.2, 0.25) is 0 Å². The van der Waals surface area contributed by atoms with E-state index in [1.807, 2.05) is 6.07 Å². The van der Waals surface area contributed by atoms with Crippen molar-refractivity contribution >= 4 is 12.0 Å². The summed E-state index contributed by atoms with van der Waals surface area (Å²) in [6.07, 6.45) is -0.218. The lowest BCUT2D eigenvalue weighted by Gasteiger charge is -2.11. The lowest BCUT2D eigenvalue weighted by atomic mass is 10.1. The number of nitrogens with one attached hydrogen (secondary N) is 1. The van der Waals surface area contributed by atoms with Crippen LogP contribution < -0.4 is 5.32 Å². The van der Waals surface area contributed by atoms with Crippen molar-refractivity contribution in [2.45, 2.75) is 6.10 Å². The lowest BCUT2D eigenvalue weighted by molar-refractivity contribution is 0.105. The van der Waals surface area contributed by atoms with Crippen LogP contribution in [0, 0.1) is 11.3 Å². The molecule has 0 heterocycles. The molecule has 0 aliphatic rings. The fraction of sp³-hybridized carbons (Fsp3) is 0.273. The highest BCUT2D eigenvalue weighted by atomic mass is 16.3. The van der Waals surface area contributed by atoms with Crippen LogP contribution in [0.1, 0.15) is 15.9 Å².